The summed E-state index contributed by atoms with van der Waals surface area (Å²) in [6.45, 7) is 3.44. The van der Waals surface area contributed by atoms with Crippen molar-refractivity contribution in [1.29, 1.82) is 0 Å². The van der Waals surface area contributed by atoms with Crippen molar-refractivity contribution in [3.8, 4) is 0 Å². The summed E-state index contributed by atoms with van der Waals surface area (Å²) in [7, 11) is 0. The molecule has 0 atom stereocenters. The smallest absolute Gasteiger partial charge is 0.318 e. The molecule has 0 bridgehead atoms. The van der Waals surface area contributed by atoms with Crippen molar-refractivity contribution in [3.05, 3.63) is 125 Å². The van der Waals surface area contributed by atoms with E-state index in [1.807, 2.05) is 90.6 Å². The minimum atomic E-state index is -0.433. The van der Waals surface area contributed by atoms with Crippen molar-refractivity contribution < 1.29 is 14.4 Å². The molecule has 0 heterocycles. The van der Waals surface area contributed by atoms with E-state index in [0.29, 0.717) is 17.5 Å². The summed E-state index contributed by atoms with van der Waals surface area (Å²) in [6, 6.07) is 33.6. The second-order valence-corrected chi connectivity index (χ2v) is 11.0. The Morgan fingerprint density at radius 3 is 1.87 bits per heavy atom. The molecule has 4 rings (SSSR count). The van der Waals surface area contributed by atoms with Crippen LogP contribution in [0.25, 0.3) is 0 Å². The molecule has 4 aromatic carbocycles. The van der Waals surface area contributed by atoms with E-state index < -0.39 is 5.97 Å². The highest BCUT2D eigenvalue weighted by atomic mass is 32.2. The number of benzene rings is 4. The standard InChI is InChI=1S/C32H29NO3S2/c1-23-10-16-28(17-11-23)37-22-6-9-31(33-36-24(2)34)25-12-18-29(19-13-25)38-30-20-14-27(15-21-30)32(35)26-7-4-3-5-8-26/h3-5,7-8,10-21H,6,9,22H2,1-2H3/b33-31+. The molecule has 0 aliphatic rings. The minimum Gasteiger partial charge on any atom is -0.318 e. The molecule has 0 aliphatic heterocycles. The zero-order valence-electron chi connectivity index (χ0n) is 21.4. The van der Waals surface area contributed by atoms with Gasteiger partial charge in [-0.3, -0.25) is 4.79 Å². The maximum atomic E-state index is 12.6. The van der Waals surface area contributed by atoms with Gasteiger partial charge in [-0.2, -0.15) is 0 Å². The van der Waals surface area contributed by atoms with Crippen LogP contribution in [0.1, 0.15) is 46.8 Å². The van der Waals surface area contributed by atoms with Crippen molar-refractivity contribution in [2.24, 2.45) is 5.16 Å². The molecule has 0 N–H and O–H groups in total. The van der Waals surface area contributed by atoms with E-state index >= 15 is 0 Å². The fourth-order valence-electron chi connectivity index (χ4n) is 3.71. The Kier molecular flexibility index (Phi) is 9.96. The number of hydrogen-bond acceptors (Lipinski definition) is 6. The van der Waals surface area contributed by atoms with Crippen LogP contribution in [0.2, 0.25) is 0 Å². The minimum absolute atomic E-state index is 0.0170. The summed E-state index contributed by atoms with van der Waals surface area (Å²) in [4.78, 5) is 32.3. The highest BCUT2D eigenvalue weighted by Crippen LogP contribution is 2.29. The molecule has 4 nitrogen and oxygen atoms in total. The summed E-state index contributed by atoms with van der Waals surface area (Å²) in [5.41, 5.74) is 4.29. The first-order valence-electron chi connectivity index (χ1n) is 12.4. The first-order chi connectivity index (χ1) is 18.5. The number of hydrogen-bond donors (Lipinski definition) is 0. The lowest BCUT2D eigenvalue weighted by molar-refractivity contribution is -0.140. The zero-order chi connectivity index (χ0) is 26.7. The molecule has 4 aromatic rings. The first-order valence-corrected chi connectivity index (χ1v) is 14.2. The molecular formula is C32H29NO3S2. The largest absolute Gasteiger partial charge is 0.331 e. The molecule has 0 unspecified atom stereocenters. The average molecular weight is 540 g/mol. The second-order valence-electron chi connectivity index (χ2n) is 8.73. The summed E-state index contributed by atoms with van der Waals surface area (Å²) < 4.78 is 0. The van der Waals surface area contributed by atoms with E-state index in [1.54, 1.807) is 11.8 Å². The number of aryl methyl sites for hydroxylation is 1. The molecule has 0 spiro atoms. The molecule has 0 saturated heterocycles. The van der Waals surface area contributed by atoms with E-state index in [2.05, 4.69) is 36.3 Å². The van der Waals surface area contributed by atoms with Crippen molar-refractivity contribution in [1.82, 2.24) is 0 Å². The van der Waals surface area contributed by atoms with Gasteiger partial charge in [0, 0.05) is 32.7 Å². The van der Waals surface area contributed by atoms with Crippen LogP contribution in [0, 0.1) is 6.92 Å². The van der Waals surface area contributed by atoms with Gasteiger partial charge in [0.05, 0.1) is 5.71 Å². The monoisotopic (exact) mass is 539 g/mol. The normalized spacial score (nSPS) is 11.3. The van der Waals surface area contributed by atoms with Crippen molar-refractivity contribution in [2.45, 2.75) is 41.4 Å². The van der Waals surface area contributed by atoms with Gasteiger partial charge in [0.25, 0.3) is 0 Å². The van der Waals surface area contributed by atoms with Crippen LogP contribution in [0.5, 0.6) is 0 Å². The maximum absolute atomic E-state index is 12.6. The van der Waals surface area contributed by atoms with Crippen LogP contribution >= 0.6 is 23.5 Å². The Morgan fingerprint density at radius 2 is 1.26 bits per heavy atom. The number of nitrogens with zero attached hydrogens (tertiary/aromatic N) is 1. The predicted molar refractivity (Wildman–Crippen MR) is 156 cm³/mol. The summed E-state index contributed by atoms with van der Waals surface area (Å²) >= 11 is 3.43. The van der Waals surface area contributed by atoms with Gasteiger partial charge in [0.15, 0.2) is 5.78 Å². The van der Waals surface area contributed by atoms with Gasteiger partial charge in [0.1, 0.15) is 0 Å². The van der Waals surface area contributed by atoms with Crippen LogP contribution in [-0.2, 0) is 9.63 Å². The highest BCUT2D eigenvalue weighted by Gasteiger charge is 2.10. The average Bonchev–Trinajstić information content (AvgIpc) is 2.94. The van der Waals surface area contributed by atoms with E-state index in [-0.39, 0.29) is 5.78 Å². The molecule has 6 heteroatoms. The van der Waals surface area contributed by atoms with Gasteiger partial charge in [0.2, 0.25) is 0 Å². The lowest BCUT2D eigenvalue weighted by atomic mass is 10.0. The number of ketones is 1. The Bertz CT molecular complexity index is 1380. The quantitative estimate of drug-likeness (QED) is 0.0480. The fraction of sp³-hybridized carbons (Fsp3) is 0.156. The third-order valence-corrected chi connectivity index (χ3v) is 7.82. The summed E-state index contributed by atoms with van der Waals surface area (Å²) in [5.74, 6) is 0.528. The van der Waals surface area contributed by atoms with Crippen LogP contribution in [0.15, 0.2) is 123 Å². The Hall–Kier alpha value is -3.61. The summed E-state index contributed by atoms with van der Waals surface area (Å²) in [5, 5.41) is 4.13. The van der Waals surface area contributed by atoms with Gasteiger partial charge >= 0.3 is 5.97 Å². The number of carbonyl (C=O) groups is 2. The van der Waals surface area contributed by atoms with E-state index in [9.17, 15) is 9.59 Å². The van der Waals surface area contributed by atoms with E-state index in [1.165, 1.54) is 17.4 Å². The SMILES string of the molecule is CC(=O)O/N=C(\CCCSc1ccc(C)cc1)c1ccc(Sc2ccc(C(=O)c3ccccc3)cc2)cc1. The molecule has 0 aliphatic carbocycles. The Balaban J connectivity index is 1.36. The van der Waals surface area contributed by atoms with Gasteiger partial charge in [-0.25, -0.2) is 4.79 Å². The third kappa shape index (κ3) is 8.20. The van der Waals surface area contributed by atoms with Crippen LogP contribution in [0.3, 0.4) is 0 Å². The molecule has 38 heavy (non-hydrogen) atoms. The van der Waals surface area contributed by atoms with Crippen LogP contribution in [-0.4, -0.2) is 23.2 Å². The molecule has 0 fully saturated rings. The number of oxime groups is 1. The first kappa shape index (κ1) is 27.4. The molecule has 0 amide bonds. The third-order valence-electron chi connectivity index (χ3n) is 5.71. The lowest BCUT2D eigenvalue weighted by Gasteiger charge is -2.08. The lowest BCUT2D eigenvalue weighted by Crippen LogP contribution is -2.05. The van der Waals surface area contributed by atoms with Gasteiger partial charge in [-0.05, 0) is 79.6 Å². The molecular weight excluding hydrogens is 510 g/mol. The predicted octanol–water partition coefficient (Wildman–Crippen LogP) is 8.22. The molecule has 0 saturated carbocycles. The topological polar surface area (TPSA) is 55.7 Å². The van der Waals surface area contributed by atoms with Crippen LogP contribution < -0.4 is 0 Å². The van der Waals surface area contributed by atoms with E-state index in [4.69, 9.17) is 4.84 Å². The highest BCUT2D eigenvalue weighted by molar-refractivity contribution is 7.99. The van der Waals surface area contributed by atoms with E-state index in [0.717, 1.165) is 33.2 Å². The Morgan fingerprint density at radius 1 is 0.711 bits per heavy atom. The van der Waals surface area contributed by atoms with Crippen molar-refractivity contribution in [2.75, 3.05) is 5.75 Å². The van der Waals surface area contributed by atoms with Crippen molar-refractivity contribution >= 4 is 41.0 Å². The molecule has 0 aromatic heterocycles. The Labute approximate surface area is 232 Å². The number of rotatable bonds is 11. The van der Waals surface area contributed by atoms with Crippen LogP contribution in [0.4, 0.5) is 0 Å². The van der Waals surface area contributed by atoms with Crippen molar-refractivity contribution in [3.63, 3.8) is 0 Å². The molecule has 192 valence electrons. The van der Waals surface area contributed by atoms with Gasteiger partial charge < -0.3 is 4.84 Å². The second kappa shape index (κ2) is 13.8. The number of carbonyl (C=O) groups excluding carboxylic acids is 2. The maximum Gasteiger partial charge on any atom is 0.331 e. The number of thioether (sulfide) groups is 1. The zero-order valence-corrected chi connectivity index (χ0v) is 23.1. The fourth-order valence-corrected chi connectivity index (χ4v) is 5.38. The summed E-state index contributed by atoms with van der Waals surface area (Å²) in [6.07, 6.45) is 1.61. The molecule has 0 radical (unpaired) electrons. The van der Waals surface area contributed by atoms with Gasteiger partial charge in [-0.15, -0.1) is 11.8 Å². The van der Waals surface area contributed by atoms with Gasteiger partial charge in [-0.1, -0.05) is 77.1 Å².